The maximum atomic E-state index is 13.0. The monoisotopic (exact) mass is 632 g/mol. The molecule has 0 saturated heterocycles. The highest BCUT2D eigenvalue weighted by Gasteiger charge is 2.31. The van der Waals surface area contributed by atoms with Crippen molar-refractivity contribution in [2.75, 3.05) is 11.1 Å². The van der Waals surface area contributed by atoms with E-state index in [0.717, 1.165) is 41.2 Å². The Hall–Kier alpha value is -3.80. The van der Waals surface area contributed by atoms with Crippen molar-refractivity contribution in [1.82, 2.24) is 24.5 Å². The van der Waals surface area contributed by atoms with E-state index >= 15 is 0 Å². The second kappa shape index (κ2) is 13.5. The average molecular weight is 634 g/mol. The molecule has 2 aromatic heterocycles. The standard InChI is InChI=1S/C22H17Cl2F3N6OS.C7H8/c1-12-16(10-32(2)31-12)20-29-30-21(33(20)15-6-4-14(23)5-7-15)35-11-19(34)28-18-9-13(22(25,26)27)3-8-17(18)24;1-7-5-3-2-4-6-7/h3-10H,11H2,1-2H3,(H,28,34);2-6H,1H3. The Labute approximate surface area is 254 Å². The van der Waals surface area contributed by atoms with Gasteiger partial charge < -0.3 is 5.32 Å². The fourth-order valence-electron chi connectivity index (χ4n) is 3.83. The number of aryl methyl sites for hydroxylation is 3. The quantitative estimate of drug-likeness (QED) is 0.192. The van der Waals surface area contributed by atoms with Crippen LogP contribution in [0.3, 0.4) is 0 Å². The van der Waals surface area contributed by atoms with Crippen LogP contribution < -0.4 is 5.32 Å². The molecule has 42 heavy (non-hydrogen) atoms. The van der Waals surface area contributed by atoms with E-state index in [2.05, 4.69) is 39.7 Å². The summed E-state index contributed by atoms with van der Waals surface area (Å²) in [4.78, 5) is 12.6. The summed E-state index contributed by atoms with van der Waals surface area (Å²) in [6.07, 6.45) is -2.75. The van der Waals surface area contributed by atoms with Gasteiger partial charge in [-0.3, -0.25) is 14.0 Å². The van der Waals surface area contributed by atoms with Crippen LogP contribution >= 0.6 is 35.0 Å². The molecule has 0 aliphatic rings. The molecule has 0 aliphatic heterocycles. The number of hydrogen-bond acceptors (Lipinski definition) is 5. The van der Waals surface area contributed by atoms with E-state index in [1.54, 1.807) is 40.6 Å². The van der Waals surface area contributed by atoms with Gasteiger partial charge in [-0.15, -0.1) is 10.2 Å². The minimum Gasteiger partial charge on any atom is -0.324 e. The normalized spacial score (nSPS) is 11.1. The maximum Gasteiger partial charge on any atom is 0.416 e. The minimum atomic E-state index is -4.56. The molecule has 1 N–H and O–H groups in total. The number of anilines is 1. The lowest BCUT2D eigenvalue weighted by atomic mass is 10.2. The molecule has 5 aromatic rings. The summed E-state index contributed by atoms with van der Waals surface area (Å²) in [5, 5.41) is 16.3. The molecule has 0 fully saturated rings. The molecule has 0 radical (unpaired) electrons. The first-order valence-electron chi connectivity index (χ1n) is 12.5. The Morgan fingerprint density at radius 3 is 2.24 bits per heavy atom. The van der Waals surface area contributed by atoms with E-state index in [0.29, 0.717) is 21.7 Å². The molecule has 0 atom stereocenters. The van der Waals surface area contributed by atoms with Crippen molar-refractivity contribution >= 4 is 46.6 Å². The zero-order chi connectivity index (χ0) is 30.4. The topological polar surface area (TPSA) is 77.6 Å². The van der Waals surface area contributed by atoms with Crippen molar-refractivity contribution in [2.45, 2.75) is 25.2 Å². The zero-order valence-electron chi connectivity index (χ0n) is 22.7. The molecule has 5 rings (SSSR count). The molecule has 0 unspecified atom stereocenters. The summed E-state index contributed by atoms with van der Waals surface area (Å²) < 4.78 is 42.5. The summed E-state index contributed by atoms with van der Waals surface area (Å²) in [5.74, 6) is -0.188. The van der Waals surface area contributed by atoms with Crippen molar-refractivity contribution in [3.63, 3.8) is 0 Å². The first-order chi connectivity index (χ1) is 19.9. The number of nitrogens with zero attached hydrogens (tertiary/aromatic N) is 5. The lowest BCUT2D eigenvalue weighted by molar-refractivity contribution is -0.137. The van der Waals surface area contributed by atoms with Crippen molar-refractivity contribution in [1.29, 1.82) is 0 Å². The molecule has 0 saturated carbocycles. The predicted octanol–water partition coefficient (Wildman–Crippen LogP) is 8.03. The number of hydrogen-bond donors (Lipinski definition) is 1. The van der Waals surface area contributed by atoms with E-state index in [1.165, 1.54) is 5.56 Å². The van der Waals surface area contributed by atoms with Gasteiger partial charge in [-0.1, -0.05) is 70.9 Å². The van der Waals surface area contributed by atoms with Gasteiger partial charge in [0.15, 0.2) is 11.0 Å². The summed E-state index contributed by atoms with van der Waals surface area (Å²) in [5.41, 5.74) is 2.48. The molecule has 7 nitrogen and oxygen atoms in total. The molecule has 218 valence electrons. The van der Waals surface area contributed by atoms with Crippen LogP contribution in [0.1, 0.15) is 16.8 Å². The second-order valence-corrected chi connectivity index (χ2v) is 10.9. The smallest absolute Gasteiger partial charge is 0.324 e. The molecule has 0 bridgehead atoms. The van der Waals surface area contributed by atoms with Crippen molar-refractivity contribution in [3.8, 4) is 17.1 Å². The van der Waals surface area contributed by atoms with Gasteiger partial charge in [-0.05, 0) is 56.3 Å². The number of amides is 1. The molecule has 3 aromatic carbocycles. The lowest BCUT2D eigenvalue weighted by Crippen LogP contribution is -2.16. The number of carbonyl (C=O) groups excluding carboxylic acids is 1. The summed E-state index contributed by atoms with van der Waals surface area (Å²) in [6.45, 7) is 3.93. The van der Waals surface area contributed by atoms with Gasteiger partial charge in [0.05, 0.1) is 33.3 Å². The number of carbonyl (C=O) groups is 1. The van der Waals surface area contributed by atoms with Crippen LogP contribution in [0.2, 0.25) is 10.0 Å². The lowest BCUT2D eigenvalue weighted by Gasteiger charge is -2.12. The van der Waals surface area contributed by atoms with Gasteiger partial charge in [-0.25, -0.2) is 0 Å². The fraction of sp³-hybridized carbons (Fsp3) is 0.172. The molecule has 1 amide bonds. The Balaban J connectivity index is 0.000000507. The molecule has 2 heterocycles. The number of halogens is 5. The van der Waals surface area contributed by atoms with Crippen LogP contribution in [0.4, 0.5) is 18.9 Å². The third kappa shape index (κ3) is 7.93. The van der Waals surface area contributed by atoms with Crippen LogP contribution in [0.5, 0.6) is 0 Å². The van der Waals surface area contributed by atoms with Crippen molar-refractivity contribution in [2.24, 2.45) is 7.05 Å². The predicted molar refractivity (Wildman–Crippen MR) is 160 cm³/mol. The molecule has 0 aliphatic carbocycles. The highest BCUT2D eigenvalue weighted by atomic mass is 35.5. The van der Waals surface area contributed by atoms with E-state index in [4.69, 9.17) is 23.2 Å². The molecule has 0 spiro atoms. The minimum absolute atomic E-state index is 0.00461. The van der Waals surface area contributed by atoms with Crippen LogP contribution in [-0.4, -0.2) is 36.2 Å². The largest absolute Gasteiger partial charge is 0.416 e. The van der Waals surface area contributed by atoms with Crippen LogP contribution in [0.15, 0.2) is 84.1 Å². The van der Waals surface area contributed by atoms with Crippen LogP contribution in [0.25, 0.3) is 17.1 Å². The number of benzene rings is 3. The Morgan fingerprint density at radius 1 is 0.976 bits per heavy atom. The van der Waals surface area contributed by atoms with Crippen LogP contribution in [-0.2, 0) is 18.0 Å². The summed E-state index contributed by atoms with van der Waals surface area (Å²) >= 11 is 13.1. The highest BCUT2D eigenvalue weighted by molar-refractivity contribution is 7.99. The first-order valence-corrected chi connectivity index (χ1v) is 14.2. The van der Waals surface area contributed by atoms with Crippen molar-refractivity contribution in [3.05, 3.63) is 106 Å². The number of rotatable bonds is 6. The number of thioether (sulfide) groups is 1. The first kappa shape index (κ1) is 31.1. The van der Waals surface area contributed by atoms with Gasteiger partial charge in [-0.2, -0.15) is 18.3 Å². The van der Waals surface area contributed by atoms with E-state index in [9.17, 15) is 18.0 Å². The fourth-order valence-corrected chi connectivity index (χ4v) is 4.87. The SMILES string of the molecule is Cc1ccccc1.Cc1nn(C)cc1-c1nnc(SCC(=O)Nc2cc(C(F)(F)F)ccc2Cl)n1-c1ccc(Cl)cc1. The van der Waals surface area contributed by atoms with Gasteiger partial charge >= 0.3 is 6.18 Å². The third-order valence-corrected chi connectivity index (χ3v) is 7.32. The Kier molecular flexibility index (Phi) is 9.97. The number of nitrogens with one attached hydrogen (secondary N) is 1. The average Bonchev–Trinajstić information content (AvgIpc) is 3.51. The van der Waals surface area contributed by atoms with Gasteiger partial charge in [0.1, 0.15) is 0 Å². The molecular formula is C29H25Cl2F3N6OS. The summed E-state index contributed by atoms with van der Waals surface area (Å²) in [7, 11) is 1.79. The second-order valence-electron chi connectivity index (χ2n) is 9.10. The highest BCUT2D eigenvalue weighted by Crippen LogP contribution is 2.34. The molecule has 13 heteroatoms. The molecular weight excluding hydrogens is 608 g/mol. The third-order valence-electron chi connectivity index (χ3n) is 5.81. The van der Waals surface area contributed by atoms with E-state index in [-0.39, 0.29) is 16.5 Å². The summed E-state index contributed by atoms with van der Waals surface area (Å²) in [6, 6.07) is 20.0. The van der Waals surface area contributed by atoms with Gasteiger partial charge in [0.2, 0.25) is 5.91 Å². The van der Waals surface area contributed by atoms with Gasteiger partial charge in [0.25, 0.3) is 0 Å². The Bertz CT molecular complexity index is 1670. The van der Waals surface area contributed by atoms with E-state index < -0.39 is 17.6 Å². The Morgan fingerprint density at radius 2 is 1.67 bits per heavy atom. The van der Waals surface area contributed by atoms with Gasteiger partial charge in [0, 0.05) is 24.0 Å². The van der Waals surface area contributed by atoms with Crippen molar-refractivity contribution < 1.29 is 18.0 Å². The number of alkyl halides is 3. The number of aromatic nitrogens is 5. The van der Waals surface area contributed by atoms with E-state index in [1.807, 2.05) is 31.3 Å². The van der Waals surface area contributed by atoms with Crippen LogP contribution in [0, 0.1) is 13.8 Å². The zero-order valence-corrected chi connectivity index (χ0v) is 25.0. The maximum absolute atomic E-state index is 13.0.